The Kier molecular flexibility index (Phi) is 3.53. The third-order valence-electron chi connectivity index (χ3n) is 5.11. The van der Waals surface area contributed by atoms with Crippen molar-refractivity contribution in [2.75, 3.05) is 26.9 Å². The zero-order valence-electron chi connectivity index (χ0n) is 12.5. The van der Waals surface area contributed by atoms with Crippen LogP contribution in [0.5, 0.6) is 11.5 Å². The minimum Gasteiger partial charge on any atom is -0.454 e. The summed E-state index contributed by atoms with van der Waals surface area (Å²) in [5.41, 5.74) is 0.663. The molecule has 1 aromatic carbocycles. The Morgan fingerprint density at radius 3 is 2.91 bits per heavy atom. The number of amides is 1. The number of nitrogens with zero attached hydrogens (tertiary/aromatic N) is 2. The van der Waals surface area contributed by atoms with Gasteiger partial charge in [-0.3, -0.25) is 9.69 Å². The number of likely N-dealkylation sites (N-methyl/N-ethyl adjacent to an activating group) is 1. The van der Waals surface area contributed by atoms with Gasteiger partial charge in [-0.2, -0.15) is 0 Å². The molecule has 3 aliphatic rings. The predicted molar refractivity (Wildman–Crippen MR) is 85.4 cm³/mol. The van der Waals surface area contributed by atoms with Crippen LogP contribution >= 0.6 is 15.9 Å². The number of halogens is 1. The van der Waals surface area contributed by atoms with Crippen molar-refractivity contribution in [2.45, 2.75) is 31.3 Å². The number of rotatable bonds is 1. The summed E-state index contributed by atoms with van der Waals surface area (Å²) >= 11 is 3.46. The molecule has 0 spiro atoms. The van der Waals surface area contributed by atoms with Crippen LogP contribution in [-0.4, -0.2) is 54.7 Å². The molecule has 2 saturated heterocycles. The average Bonchev–Trinajstić information content (AvgIpc) is 3.04. The highest BCUT2D eigenvalue weighted by atomic mass is 79.9. The summed E-state index contributed by atoms with van der Waals surface area (Å²) in [4.78, 5) is 17.3. The van der Waals surface area contributed by atoms with Crippen molar-refractivity contribution in [3.8, 4) is 11.5 Å². The lowest BCUT2D eigenvalue weighted by atomic mass is 10.1. The van der Waals surface area contributed by atoms with Gasteiger partial charge in [-0.05, 0) is 54.4 Å². The van der Waals surface area contributed by atoms with E-state index in [1.54, 1.807) is 6.07 Å². The summed E-state index contributed by atoms with van der Waals surface area (Å²) in [6.45, 7) is 1.86. The molecule has 0 radical (unpaired) electrons. The molecule has 0 saturated carbocycles. The summed E-state index contributed by atoms with van der Waals surface area (Å²) in [6, 6.07) is 4.76. The highest BCUT2D eigenvalue weighted by Gasteiger charge is 2.36. The molecule has 2 atom stereocenters. The summed E-state index contributed by atoms with van der Waals surface area (Å²) in [5, 5.41) is 0. The van der Waals surface area contributed by atoms with E-state index in [1.807, 2.05) is 11.0 Å². The molecule has 0 aliphatic carbocycles. The normalized spacial score (nSPS) is 27.1. The SMILES string of the molecule is CN1C2CCC1CN(C(=O)c1cc(Br)c3c(c1)OCO3)CC2. The largest absolute Gasteiger partial charge is 0.454 e. The van der Waals surface area contributed by atoms with Crippen LogP contribution in [0.4, 0.5) is 0 Å². The molecule has 1 amide bonds. The fraction of sp³-hybridized carbons (Fsp3) is 0.562. The Labute approximate surface area is 138 Å². The fourth-order valence-corrected chi connectivity index (χ4v) is 4.32. The first-order valence-corrected chi connectivity index (χ1v) is 8.53. The molecular weight excluding hydrogens is 348 g/mol. The van der Waals surface area contributed by atoms with Gasteiger partial charge < -0.3 is 14.4 Å². The molecule has 6 heteroatoms. The zero-order chi connectivity index (χ0) is 15.3. The molecule has 2 unspecified atom stereocenters. The highest BCUT2D eigenvalue weighted by Crippen LogP contribution is 2.40. The van der Waals surface area contributed by atoms with Gasteiger partial charge >= 0.3 is 0 Å². The van der Waals surface area contributed by atoms with Crippen molar-refractivity contribution in [2.24, 2.45) is 0 Å². The minimum absolute atomic E-state index is 0.0833. The second-order valence-electron chi connectivity index (χ2n) is 6.28. The van der Waals surface area contributed by atoms with Crippen molar-refractivity contribution in [1.82, 2.24) is 9.80 Å². The molecule has 2 bridgehead atoms. The van der Waals surface area contributed by atoms with Crippen LogP contribution < -0.4 is 9.47 Å². The van der Waals surface area contributed by atoms with Gasteiger partial charge in [-0.25, -0.2) is 0 Å². The topological polar surface area (TPSA) is 42.0 Å². The van der Waals surface area contributed by atoms with Gasteiger partial charge in [0, 0.05) is 30.7 Å². The van der Waals surface area contributed by atoms with Crippen molar-refractivity contribution in [3.05, 3.63) is 22.2 Å². The Bertz CT molecular complexity index is 622. The van der Waals surface area contributed by atoms with Crippen LogP contribution in [0.15, 0.2) is 16.6 Å². The van der Waals surface area contributed by atoms with Crippen LogP contribution in [0.2, 0.25) is 0 Å². The lowest BCUT2D eigenvalue weighted by Crippen LogP contribution is -2.39. The number of hydrogen-bond donors (Lipinski definition) is 0. The van der Waals surface area contributed by atoms with E-state index >= 15 is 0 Å². The summed E-state index contributed by atoms with van der Waals surface area (Å²) in [7, 11) is 2.19. The van der Waals surface area contributed by atoms with E-state index in [4.69, 9.17) is 9.47 Å². The molecule has 3 heterocycles. The summed E-state index contributed by atoms with van der Waals surface area (Å²) in [6.07, 6.45) is 3.51. The fourth-order valence-electron chi connectivity index (χ4n) is 3.77. The molecule has 4 rings (SSSR count). The minimum atomic E-state index is 0.0833. The van der Waals surface area contributed by atoms with Gasteiger partial charge in [0.05, 0.1) is 4.47 Å². The first kappa shape index (κ1) is 14.3. The summed E-state index contributed by atoms with van der Waals surface area (Å²) < 4.78 is 11.6. The maximum absolute atomic E-state index is 12.9. The van der Waals surface area contributed by atoms with Crippen LogP contribution in [-0.2, 0) is 0 Å². The summed E-state index contributed by atoms with van der Waals surface area (Å²) in [5.74, 6) is 1.41. The predicted octanol–water partition coefficient (Wildman–Crippen LogP) is 2.49. The zero-order valence-corrected chi connectivity index (χ0v) is 14.1. The van der Waals surface area contributed by atoms with Gasteiger partial charge in [0.2, 0.25) is 6.79 Å². The quantitative estimate of drug-likeness (QED) is 0.765. The number of carbonyl (C=O) groups excluding carboxylic acids is 1. The number of benzene rings is 1. The lowest BCUT2D eigenvalue weighted by Gasteiger charge is -2.26. The molecule has 0 N–H and O–H groups in total. The van der Waals surface area contributed by atoms with Gasteiger partial charge in [-0.15, -0.1) is 0 Å². The molecule has 0 aromatic heterocycles. The van der Waals surface area contributed by atoms with E-state index in [0.717, 1.165) is 24.0 Å². The van der Waals surface area contributed by atoms with Gasteiger partial charge in [0.1, 0.15) is 0 Å². The third kappa shape index (κ3) is 2.29. The van der Waals surface area contributed by atoms with Crippen LogP contribution in [0.1, 0.15) is 29.6 Å². The van der Waals surface area contributed by atoms with E-state index in [1.165, 1.54) is 12.8 Å². The highest BCUT2D eigenvalue weighted by molar-refractivity contribution is 9.10. The smallest absolute Gasteiger partial charge is 0.254 e. The lowest BCUT2D eigenvalue weighted by molar-refractivity contribution is 0.0739. The molecular formula is C16H19BrN2O3. The Morgan fingerprint density at radius 2 is 2.05 bits per heavy atom. The molecule has 22 heavy (non-hydrogen) atoms. The average molecular weight is 367 g/mol. The van der Waals surface area contributed by atoms with Crippen LogP contribution in [0.3, 0.4) is 0 Å². The van der Waals surface area contributed by atoms with Gasteiger partial charge in [0.25, 0.3) is 5.91 Å². The Morgan fingerprint density at radius 1 is 1.23 bits per heavy atom. The number of hydrogen-bond acceptors (Lipinski definition) is 4. The monoisotopic (exact) mass is 366 g/mol. The van der Waals surface area contributed by atoms with E-state index in [0.29, 0.717) is 29.1 Å². The number of carbonyl (C=O) groups is 1. The third-order valence-corrected chi connectivity index (χ3v) is 5.70. The van der Waals surface area contributed by atoms with E-state index in [9.17, 15) is 4.79 Å². The van der Waals surface area contributed by atoms with Crippen LogP contribution in [0, 0.1) is 0 Å². The maximum atomic E-state index is 12.9. The second kappa shape index (κ2) is 5.42. The number of fused-ring (bicyclic) bond motifs is 3. The first-order valence-electron chi connectivity index (χ1n) is 7.74. The molecule has 2 fully saturated rings. The van der Waals surface area contributed by atoms with Crippen LogP contribution in [0.25, 0.3) is 0 Å². The standard InChI is InChI=1S/C16H19BrN2O3/c1-18-11-2-3-12(18)8-19(5-4-11)16(20)10-6-13(17)15-14(7-10)21-9-22-15/h6-7,11-12H,2-5,8-9H2,1H3. The molecule has 118 valence electrons. The first-order chi connectivity index (χ1) is 10.6. The molecule has 5 nitrogen and oxygen atoms in total. The van der Waals surface area contributed by atoms with Gasteiger partial charge in [-0.1, -0.05) is 0 Å². The van der Waals surface area contributed by atoms with E-state index < -0.39 is 0 Å². The number of likely N-dealkylation sites (tertiary alicyclic amines) is 1. The second-order valence-corrected chi connectivity index (χ2v) is 7.14. The van der Waals surface area contributed by atoms with Crippen molar-refractivity contribution in [3.63, 3.8) is 0 Å². The van der Waals surface area contributed by atoms with Crippen molar-refractivity contribution >= 4 is 21.8 Å². The number of ether oxygens (including phenoxy) is 2. The molecule has 1 aromatic rings. The molecule has 3 aliphatic heterocycles. The Balaban J connectivity index is 1.58. The van der Waals surface area contributed by atoms with E-state index in [-0.39, 0.29) is 12.7 Å². The maximum Gasteiger partial charge on any atom is 0.254 e. The van der Waals surface area contributed by atoms with E-state index in [2.05, 4.69) is 27.9 Å². The Hall–Kier alpha value is -1.27. The van der Waals surface area contributed by atoms with Gasteiger partial charge in [0.15, 0.2) is 11.5 Å². The van der Waals surface area contributed by atoms with Crippen molar-refractivity contribution in [1.29, 1.82) is 0 Å². The van der Waals surface area contributed by atoms with Crippen molar-refractivity contribution < 1.29 is 14.3 Å².